The molecule has 0 saturated carbocycles. The summed E-state index contributed by atoms with van der Waals surface area (Å²) in [5, 5.41) is 10.7. The number of aryl methyl sites for hydroxylation is 1. The number of aliphatic hydroxyl groups is 1. The Morgan fingerprint density at radius 3 is 2.60 bits per heavy atom. The van der Waals surface area contributed by atoms with Crippen LogP contribution in [-0.2, 0) is 32.3 Å². The molecule has 0 radical (unpaired) electrons. The second-order valence-electron chi connectivity index (χ2n) is 9.15. The lowest BCUT2D eigenvalue weighted by Gasteiger charge is -2.39. The molecule has 2 aromatic rings. The van der Waals surface area contributed by atoms with E-state index in [0.29, 0.717) is 37.8 Å². The van der Waals surface area contributed by atoms with Gasteiger partial charge >= 0.3 is 5.97 Å². The lowest BCUT2D eigenvalue weighted by Crippen LogP contribution is -2.49. The predicted molar refractivity (Wildman–Crippen MR) is 131 cm³/mol. The summed E-state index contributed by atoms with van der Waals surface area (Å²) in [6, 6.07) is 9.21. The molecule has 2 heterocycles. The Morgan fingerprint density at radius 2 is 1.91 bits per heavy atom. The van der Waals surface area contributed by atoms with Gasteiger partial charge in [-0.25, -0.2) is 13.2 Å². The van der Waals surface area contributed by atoms with Crippen LogP contribution < -0.4 is 9.04 Å². The Hall–Kier alpha value is -2.62. The third kappa shape index (κ3) is 5.17. The minimum Gasteiger partial charge on any atom is -0.492 e. The highest BCUT2D eigenvalue weighted by atomic mass is 32.2. The monoisotopic (exact) mass is 503 g/mol. The van der Waals surface area contributed by atoms with Crippen LogP contribution in [0.4, 0.5) is 5.69 Å². The molecule has 190 valence electrons. The number of carbonyl (C=O) groups excluding carboxylic acids is 1. The highest BCUT2D eigenvalue weighted by Crippen LogP contribution is 2.37. The maximum absolute atomic E-state index is 13.8. The smallest absolute Gasteiger partial charge is 0.341 e. The molecule has 8 nitrogen and oxygen atoms in total. The molecule has 35 heavy (non-hydrogen) atoms. The lowest BCUT2D eigenvalue weighted by atomic mass is 9.94. The van der Waals surface area contributed by atoms with Crippen molar-refractivity contribution in [3.63, 3.8) is 0 Å². The molecule has 0 amide bonds. The van der Waals surface area contributed by atoms with Crippen molar-refractivity contribution < 1.29 is 32.5 Å². The van der Waals surface area contributed by atoms with E-state index in [-0.39, 0.29) is 16.2 Å². The van der Waals surface area contributed by atoms with Crippen LogP contribution in [0.3, 0.4) is 0 Å². The topological polar surface area (TPSA) is 102 Å². The predicted octanol–water partition coefficient (Wildman–Crippen LogP) is 3.34. The maximum Gasteiger partial charge on any atom is 0.341 e. The van der Waals surface area contributed by atoms with E-state index in [2.05, 4.69) is 0 Å². The van der Waals surface area contributed by atoms with Gasteiger partial charge in [0.05, 0.1) is 36.4 Å². The molecule has 4 rings (SSSR count). The fourth-order valence-electron chi connectivity index (χ4n) is 4.66. The number of nitrogens with zero attached hydrogens (tertiary/aromatic N) is 1. The summed E-state index contributed by atoms with van der Waals surface area (Å²) in [7, 11) is -2.85. The van der Waals surface area contributed by atoms with Crippen molar-refractivity contribution in [1.29, 1.82) is 0 Å². The minimum atomic E-state index is -4.10. The molecule has 0 bridgehead atoms. The zero-order chi connectivity index (χ0) is 25.2. The number of methoxy groups -OCH3 is 1. The maximum atomic E-state index is 13.8. The highest BCUT2D eigenvalue weighted by Gasteiger charge is 2.39. The molecule has 0 aromatic heterocycles. The normalized spacial score (nSPS) is 20.9. The Bertz CT molecular complexity index is 1170. The number of anilines is 1. The van der Waals surface area contributed by atoms with Gasteiger partial charge in [0.15, 0.2) is 0 Å². The van der Waals surface area contributed by atoms with Gasteiger partial charge in [-0.2, -0.15) is 0 Å². The fourth-order valence-corrected chi connectivity index (χ4v) is 6.41. The number of hydrogen-bond donors (Lipinski definition) is 1. The molecule has 0 spiro atoms. The van der Waals surface area contributed by atoms with Crippen molar-refractivity contribution in [2.75, 3.05) is 31.2 Å². The largest absolute Gasteiger partial charge is 0.492 e. The molecular formula is C26H33NO7S. The number of ether oxygens (including phenoxy) is 3. The average molecular weight is 504 g/mol. The van der Waals surface area contributed by atoms with Crippen LogP contribution in [0.1, 0.15) is 48.2 Å². The van der Waals surface area contributed by atoms with Gasteiger partial charge in [0.25, 0.3) is 10.0 Å². The van der Waals surface area contributed by atoms with Crippen molar-refractivity contribution in [3.05, 3.63) is 53.1 Å². The molecular weight excluding hydrogens is 470 g/mol. The van der Waals surface area contributed by atoms with Gasteiger partial charge in [-0.1, -0.05) is 19.1 Å². The molecule has 0 aliphatic carbocycles. The van der Waals surface area contributed by atoms with E-state index < -0.39 is 28.1 Å². The second kappa shape index (κ2) is 10.6. The van der Waals surface area contributed by atoms with Gasteiger partial charge in [-0.05, 0) is 67.5 Å². The first kappa shape index (κ1) is 25.5. The van der Waals surface area contributed by atoms with Crippen molar-refractivity contribution in [1.82, 2.24) is 0 Å². The molecule has 2 aromatic carbocycles. The van der Waals surface area contributed by atoms with Crippen molar-refractivity contribution in [3.8, 4) is 5.75 Å². The van der Waals surface area contributed by atoms with Crippen molar-refractivity contribution in [2.24, 2.45) is 5.92 Å². The molecule has 9 heteroatoms. The summed E-state index contributed by atoms with van der Waals surface area (Å²) in [6.07, 6.45) is 2.07. The number of aliphatic hydroxyl groups excluding tert-OH is 1. The van der Waals surface area contributed by atoms with E-state index in [1.165, 1.54) is 29.6 Å². The van der Waals surface area contributed by atoms with Crippen LogP contribution in [0.5, 0.6) is 5.75 Å². The summed E-state index contributed by atoms with van der Waals surface area (Å²) >= 11 is 0. The first-order chi connectivity index (χ1) is 16.8. The highest BCUT2D eigenvalue weighted by molar-refractivity contribution is 7.92. The van der Waals surface area contributed by atoms with E-state index in [4.69, 9.17) is 14.2 Å². The van der Waals surface area contributed by atoms with Gasteiger partial charge in [-0.15, -0.1) is 0 Å². The van der Waals surface area contributed by atoms with E-state index in [0.717, 1.165) is 30.4 Å². The van der Waals surface area contributed by atoms with Crippen LogP contribution in [-0.4, -0.2) is 58.6 Å². The molecule has 0 unspecified atom stereocenters. The quantitative estimate of drug-likeness (QED) is 0.578. The van der Waals surface area contributed by atoms with Crippen LogP contribution in [0.2, 0.25) is 0 Å². The standard InChI is InChI=1S/C26H33NO7S/c1-4-18-5-7-23-20(13-18)14-24(28)17(2)27(23)35(30,31)21-6-8-25(22(15-21)26(29)32-3)34-16-19-9-11-33-12-10-19/h5-8,13,15,17,19,24,28H,4,9-12,14,16H2,1-3H3/t17-,24+/m0/s1. The van der Waals surface area contributed by atoms with E-state index >= 15 is 0 Å². The third-order valence-corrected chi connectivity index (χ3v) is 8.77. The van der Waals surface area contributed by atoms with Crippen molar-refractivity contribution in [2.45, 2.75) is 56.6 Å². The summed E-state index contributed by atoms with van der Waals surface area (Å²) < 4.78 is 45.2. The number of rotatable bonds is 7. The molecule has 2 aliphatic heterocycles. The SMILES string of the molecule is CCc1ccc2c(c1)C[C@@H](O)[C@H](C)N2S(=O)(=O)c1ccc(OCC2CCOCC2)c(C(=O)OC)c1. The zero-order valence-corrected chi connectivity index (χ0v) is 21.2. The number of hydrogen-bond acceptors (Lipinski definition) is 7. The molecule has 2 aliphatic rings. The van der Waals surface area contributed by atoms with Gasteiger partial charge < -0.3 is 19.3 Å². The van der Waals surface area contributed by atoms with Crippen LogP contribution in [0.15, 0.2) is 41.3 Å². The van der Waals surface area contributed by atoms with Gasteiger partial charge in [-0.3, -0.25) is 4.31 Å². The van der Waals surface area contributed by atoms with Crippen LogP contribution >= 0.6 is 0 Å². The lowest BCUT2D eigenvalue weighted by molar-refractivity contribution is 0.0483. The van der Waals surface area contributed by atoms with Gasteiger partial charge in [0.1, 0.15) is 11.3 Å². The number of sulfonamides is 1. The second-order valence-corrected chi connectivity index (χ2v) is 11.0. The van der Waals surface area contributed by atoms with Crippen LogP contribution in [0.25, 0.3) is 0 Å². The van der Waals surface area contributed by atoms with E-state index in [9.17, 15) is 18.3 Å². The summed E-state index contributed by atoms with van der Waals surface area (Å²) in [5.41, 5.74) is 2.44. The zero-order valence-electron chi connectivity index (χ0n) is 20.4. The summed E-state index contributed by atoms with van der Waals surface area (Å²) in [4.78, 5) is 12.5. The average Bonchev–Trinajstić information content (AvgIpc) is 2.87. The molecule has 1 saturated heterocycles. The minimum absolute atomic E-state index is 0.0485. The molecule has 1 N–H and O–H groups in total. The molecule has 2 atom stereocenters. The summed E-state index contributed by atoms with van der Waals surface area (Å²) in [6.45, 7) is 5.47. The van der Waals surface area contributed by atoms with Crippen LogP contribution in [0, 0.1) is 5.92 Å². The number of fused-ring (bicyclic) bond motifs is 1. The summed E-state index contributed by atoms with van der Waals surface area (Å²) in [5.74, 6) is -0.0939. The Balaban J connectivity index is 1.69. The Morgan fingerprint density at radius 1 is 1.17 bits per heavy atom. The van der Waals surface area contributed by atoms with Gasteiger partial charge in [0, 0.05) is 19.6 Å². The fraction of sp³-hybridized carbons (Fsp3) is 0.500. The first-order valence-electron chi connectivity index (χ1n) is 12.0. The Labute approximate surface area is 206 Å². The van der Waals surface area contributed by atoms with E-state index in [1.807, 2.05) is 19.1 Å². The Kier molecular flexibility index (Phi) is 7.68. The third-order valence-electron chi connectivity index (χ3n) is 6.87. The molecule has 1 fully saturated rings. The van der Waals surface area contributed by atoms with E-state index in [1.54, 1.807) is 13.0 Å². The van der Waals surface area contributed by atoms with Crippen molar-refractivity contribution >= 4 is 21.7 Å². The first-order valence-corrected chi connectivity index (χ1v) is 13.5. The number of esters is 1. The van der Waals surface area contributed by atoms with Gasteiger partial charge in [0.2, 0.25) is 0 Å². The number of benzene rings is 2. The number of carbonyl (C=O) groups is 1.